The average Bonchev–Trinajstić information content (AvgIpc) is 2.68. The number of nitrogens with zero attached hydrogens (tertiary/aromatic N) is 1. The Balaban J connectivity index is 1.90. The summed E-state index contributed by atoms with van der Waals surface area (Å²) in [5.41, 5.74) is 1.74. The zero-order valence-electron chi connectivity index (χ0n) is 14.9. The lowest BCUT2D eigenvalue weighted by Crippen LogP contribution is -2.50. The number of carbonyl (C=O) groups is 2. The number of nitrogens with one attached hydrogen (secondary N) is 1. The molecule has 26 heavy (non-hydrogen) atoms. The van der Waals surface area contributed by atoms with Crippen LogP contribution in [0.15, 0.2) is 54.6 Å². The molecule has 0 unspecified atom stereocenters. The normalized spacial score (nSPS) is 15.8. The molecular weight excluding hydrogens is 324 g/mol. The summed E-state index contributed by atoms with van der Waals surface area (Å²) in [6.45, 7) is 2.71. The lowest BCUT2D eigenvalue weighted by molar-refractivity contribution is -0.133. The maximum Gasteiger partial charge on any atom is 0.235 e. The Hall–Kier alpha value is -3.06. The molecule has 4 nitrogen and oxygen atoms in total. The highest BCUT2D eigenvalue weighted by atomic mass is 16.2. The van der Waals surface area contributed by atoms with Crippen LogP contribution in [0.5, 0.6) is 0 Å². The van der Waals surface area contributed by atoms with Gasteiger partial charge in [-0.1, -0.05) is 42.3 Å². The summed E-state index contributed by atoms with van der Waals surface area (Å²) < 4.78 is 0. The van der Waals surface area contributed by atoms with Crippen LogP contribution < -0.4 is 5.32 Å². The maximum absolute atomic E-state index is 13.3. The third-order valence-electron chi connectivity index (χ3n) is 5.11. The molecule has 2 amide bonds. The van der Waals surface area contributed by atoms with Gasteiger partial charge in [0.25, 0.3) is 0 Å². The molecule has 132 valence electrons. The number of hydrogen-bond donors (Lipinski definition) is 1. The largest absolute Gasteiger partial charge is 0.343 e. The Morgan fingerprint density at radius 1 is 1.08 bits per heavy atom. The molecule has 3 rings (SSSR count). The van der Waals surface area contributed by atoms with Crippen molar-refractivity contribution < 1.29 is 9.59 Å². The van der Waals surface area contributed by atoms with Gasteiger partial charge in [-0.05, 0) is 36.6 Å². The van der Waals surface area contributed by atoms with Gasteiger partial charge in [0.1, 0.15) is 0 Å². The molecule has 0 saturated carbocycles. The molecule has 4 heteroatoms. The zero-order chi connectivity index (χ0) is 18.6. The second-order valence-electron chi connectivity index (χ2n) is 6.63. The van der Waals surface area contributed by atoms with Gasteiger partial charge >= 0.3 is 0 Å². The van der Waals surface area contributed by atoms with Crippen molar-refractivity contribution in [2.45, 2.75) is 25.2 Å². The molecule has 1 aliphatic rings. The number of terminal acetylenes is 1. The first-order valence-corrected chi connectivity index (χ1v) is 8.74. The number of carbonyl (C=O) groups excluding carboxylic acids is 2. The monoisotopic (exact) mass is 346 g/mol. The number of rotatable bonds is 3. The number of hydrogen-bond acceptors (Lipinski definition) is 2. The van der Waals surface area contributed by atoms with Gasteiger partial charge in [-0.3, -0.25) is 9.59 Å². The van der Waals surface area contributed by atoms with E-state index in [1.165, 1.54) is 0 Å². The summed E-state index contributed by atoms with van der Waals surface area (Å²) in [5.74, 6) is 2.58. The molecule has 0 aromatic heterocycles. The predicted molar refractivity (Wildman–Crippen MR) is 103 cm³/mol. The van der Waals surface area contributed by atoms with Gasteiger partial charge in [0.2, 0.25) is 11.8 Å². The lowest BCUT2D eigenvalue weighted by Gasteiger charge is -2.40. The van der Waals surface area contributed by atoms with Crippen molar-refractivity contribution in [3.63, 3.8) is 0 Å². The molecule has 1 aliphatic heterocycles. The van der Waals surface area contributed by atoms with Crippen molar-refractivity contribution in [2.75, 3.05) is 18.4 Å². The number of likely N-dealkylation sites (tertiary alicyclic amines) is 1. The Bertz CT molecular complexity index is 844. The van der Waals surface area contributed by atoms with Gasteiger partial charge < -0.3 is 10.2 Å². The van der Waals surface area contributed by atoms with E-state index in [9.17, 15) is 9.59 Å². The predicted octanol–water partition coefficient (Wildman–Crippen LogP) is 3.19. The van der Waals surface area contributed by atoms with Crippen molar-refractivity contribution in [3.05, 3.63) is 65.7 Å². The molecule has 1 fully saturated rings. The molecule has 0 radical (unpaired) electrons. The number of anilines is 1. The molecule has 1 N–H and O–H groups in total. The first kappa shape index (κ1) is 17.8. The summed E-state index contributed by atoms with van der Waals surface area (Å²) in [6, 6.07) is 17.1. The topological polar surface area (TPSA) is 49.4 Å². The third kappa shape index (κ3) is 3.48. The summed E-state index contributed by atoms with van der Waals surface area (Å²) >= 11 is 0. The van der Waals surface area contributed by atoms with E-state index in [-0.39, 0.29) is 11.8 Å². The average molecular weight is 346 g/mol. The number of piperidine rings is 1. The Morgan fingerprint density at radius 3 is 2.38 bits per heavy atom. The fourth-order valence-electron chi connectivity index (χ4n) is 3.54. The second kappa shape index (κ2) is 7.45. The number of amides is 2. The smallest absolute Gasteiger partial charge is 0.235 e. The molecule has 2 aromatic rings. The summed E-state index contributed by atoms with van der Waals surface area (Å²) in [7, 11) is 0. The third-order valence-corrected chi connectivity index (χ3v) is 5.11. The fraction of sp³-hybridized carbons (Fsp3) is 0.273. The minimum atomic E-state index is -0.653. The highest BCUT2D eigenvalue weighted by molar-refractivity contribution is 5.99. The quantitative estimate of drug-likeness (QED) is 0.868. The molecule has 0 aliphatic carbocycles. The SMILES string of the molecule is C#Cc1cccc(NC(=O)C2(c3ccccc3)CCN(C(C)=O)CC2)c1. The Morgan fingerprint density at radius 2 is 1.77 bits per heavy atom. The minimum absolute atomic E-state index is 0.0498. The van der Waals surface area contributed by atoms with Crippen molar-refractivity contribution in [1.29, 1.82) is 0 Å². The summed E-state index contributed by atoms with van der Waals surface area (Å²) in [4.78, 5) is 26.8. The van der Waals surface area contributed by atoms with Crippen molar-refractivity contribution in [2.24, 2.45) is 0 Å². The van der Waals surface area contributed by atoms with Gasteiger partial charge in [-0.2, -0.15) is 0 Å². The first-order chi connectivity index (χ1) is 12.5. The van der Waals surface area contributed by atoms with Crippen LogP contribution in [0.25, 0.3) is 0 Å². The van der Waals surface area contributed by atoms with Crippen molar-refractivity contribution in [1.82, 2.24) is 4.90 Å². The molecule has 1 heterocycles. The minimum Gasteiger partial charge on any atom is -0.343 e. The van der Waals surface area contributed by atoms with Crippen LogP contribution in [0.3, 0.4) is 0 Å². The van der Waals surface area contributed by atoms with Crippen LogP contribution >= 0.6 is 0 Å². The van der Waals surface area contributed by atoms with E-state index >= 15 is 0 Å². The van der Waals surface area contributed by atoms with E-state index in [4.69, 9.17) is 6.42 Å². The van der Waals surface area contributed by atoms with Gasteiger partial charge in [-0.15, -0.1) is 6.42 Å². The van der Waals surface area contributed by atoms with Gasteiger partial charge in [0.05, 0.1) is 5.41 Å². The zero-order valence-corrected chi connectivity index (χ0v) is 14.9. The highest BCUT2D eigenvalue weighted by Gasteiger charge is 2.43. The van der Waals surface area contributed by atoms with E-state index in [0.29, 0.717) is 31.6 Å². The summed E-state index contributed by atoms with van der Waals surface area (Å²) in [5, 5.41) is 3.03. The molecule has 0 bridgehead atoms. The highest BCUT2D eigenvalue weighted by Crippen LogP contribution is 2.37. The molecule has 0 spiro atoms. The standard InChI is InChI=1S/C22H22N2O2/c1-3-18-8-7-11-20(16-18)23-21(26)22(19-9-5-4-6-10-19)12-14-24(15-13-22)17(2)25/h1,4-11,16H,12-15H2,2H3,(H,23,26). The van der Waals surface area contributed by atoms with Crippen LogP contribution in [-0.4, -0.2) is 29.8 Å². The Labute approximate surface area is 154 Å². The summed E-state index contributed by atoms with van der Waals surface area (Å²) in [6.07, 6.45) is 6.64. The van der Waals surface area contributed by atoms with Gasteiger partial charge in [0.15, 0.2) is 0 Å². The van der Waals surface area contributed by atoms with E-state index in [1.807, 2.05) is 48.5 Å². The molecular formula is C22H22N2O2. The maximum atomic E-state index is 13.3. The van der Waals surface area contributed by atoms with Crippen LogP contribution in [0, 0.1) is 12.3 Å². The van der Waals surface area contributed by atoms with Crippen molar-refractivity contribution >= 4 is 17.5 Å². The van der Waals surface area contributed by atoms with E-state index in [0.717, 1.165) is 11.1 Å². The fourth-order valence-corrected chi connectivity index (χ4v) is 3.54. The second-order valence-corrected chi connectivity index (χ2v) is 6.63. The van der Waals surface area contributed by atoms with E-state index in [2.05, 4.69) is 11.2 Å². The van der Waals surface area contributed by atoms with Crippen LogP contribution in [-0.2, 0) is 15.0 Å². The first-order valence-electron chi connectivity index (χ1n) is 8.74. The van der Waals surface area contributed by atoms with Crippen molar-refractivity contribution in [3.8, 4) is 12.3 Å². The number of benzene rings is 2. The van der Waals surface area contributed by atoms with Crippen LogP contribution in [0.2, 0.25) is 0 Å². The van der Waals surface area contributed by atoms with E-state index in [1.54, 1.807) is 17.9 Å². The molecule has 2 aromatic carbocycles. The molecule has 0 atom stereocenters. The Kier molecular flexibility index (Phi) is 5.09. The van der Waals surface area contributed by atoms with E-state index < -0.39 is 5.41 Å². The lowest BCUT2D eigenvalue weighted by atomic mass is 9.72. The molecule has 1 saturated heterocycles. The van der Waals surface area contributed by atoms with Crippen LogP contribution in [0.4, 0.5) is 5.69 Å². The van der Waals surface area contributed by atoms with Crippen LogP contribution in [0.1, 0.15) is 30.9 Å². The van der Waals surface area contributed by atoms with Gasteiger partial charge in [-0.25, -0.2) is 0 Å². The van der Waals surface area contributed by atoms with Gasteiger partial charge in [0, 0.05) is 31.3 Å².